The van der Waals surface area contributed by atoms with Crippen molar-refractivity contribution in [1.82, 2.24) is 0 Å². The van der Waals surface area contributed by atoms with Crippen LogP contribution in [0.3, 0.4) is 0 Å². The van der Waals surface area contributed by atoms with E-state index < -0.39 is 14.5 Å². The molecule has 1 atom stereocenters. The molecule has 0 bridgehead atoms. The summed E-state index contributed by atoms with van der Waals surface area (Å²) in [7, 11) is -0.312. The van der Waals surface area contributed by atoms with Crippen LogP contribution in [0.15, 0.2) is 12.1 Å². The van der Waals surface area contributed by atoms with Gasteiger partial charge in [0.05, 0.1) is 63.0 Å². The van der Waals surface area contributed by atoms with Gasteiger partial charge in [-0.25, -0.2) is 0 Å². The van der Waals surface area contributed by atoms with Crippen LogP contribution in [0.2, 0.25) is 0 Å². The first-order chi connectivity index (χ1) is 21.8. The van der Waals surface area contributed by atoms with Gasteiger partial charge in [-0.05, 0) is 63.0 Å². The lowest BCUT2D eigenvalue weighted by Crippen LogP contribution is -2.16. The fourth-order valence-electron chi connectivity index (χ4n) is 7.15. The Morgan fingerprint density at radius 3 is 1.20 bits per heavy atom. The molecule has 0 N–H and O–H groups in total. The predicted molar refractivity (Wildman–Crippen MR) is 212 cm³/mol. The fourth-order valence-corrected chi connectivity index (χ4v) is 17.3. The smallest absolute Gasteiger partial charge is 0.126 e. The number of benzene rings is 1. The molecule has 0 saturated carbocycles. The highest BCUT2D eigenvalue weighted by Crippen LogP contribution is 2.66. The maximum atomic E-state index is 7.02. The second-order valence-corrected chi connectivity index (χ2v) is 23.1. The Bertz CT molecular complexity index is 811. The van der Waals surface area contributed by atoms with E-state index in [0.29, 0.717) is 5.92 Å². The van der Waals surface area contributed by atoms with Crippen molar-refractivity contribution in [2.24, 2.45) is 5.92 Å². The predicted octanol–water partition coefficient (Wildman–Crippen LogP) is 14.1. The third-order valence-electron chi connectivity index (χ3n) is 10.4. The van der Waals surface area contributed by atoms with Crippen molar-refractivity contribution in [2.75, 3.05) is 50.7 Å². The molecule has 0 aliphatic rings. The molecule has 264 valence electrons. The Morgan fingerprint density at radius 2 is 0.867 bits per heavy atom. The molecule has 0 fully saturated rings. The van der Waals surface area contributed by atoms with Crippen LogP contribution in [0.4, 0.5) is 0 Å². The first kappa shape index (κ1) is 42.7. The summed E-state index contributed by atoms with van der Waals surface area (Å²) in [5, 5.41) is 0. The van der Waals surface area contributed by atoms with Crippen LogP contribution in [-0.2, 0) is 12.3 Å². The minimum Gasteiger partial charge on any atom is -0.496 e. The topological polar surface area (TPSA) is 18.5 Å². The van der Waals surface area contributed by atoms with E-state index in [0.717, 1.165) is 12.4 Å². The first-order valence-corrected chi connectivity index (χ1v) is 24.9. The van der Waals surface area contributed by atoms with E-state index in [-0.39, 0.29) is 0 Å². The van der Waals surface area contributed by atoms with Crippen molar-refractivity contribution in [3.8, 4) is 11.5 Å². The molecule has 0 amide bonds. The van der Waals surface area contributed by atoms with Crippen molar-refractivity contribution in [1.29, 1.82) is 0 Å². The zero-order valence-corrected chi connectivity index (χ0v) is 33.9. The summed E-state index contributed by atoms with van der Waals surface area (Å²) in [4.78, 5) is 0. The average molecular weight is 667 g/mol. The number of rotatable bonds is 30. The van der Waals surface area contributed by atoms with E-state index >= 15 is 0 Å². The SMILES string of the molecule is CCCCC(CC)COc1cc(C[P+](CCCC)(CCCC)CCCC)c(OC)cc1C[P+](CCCC)(CCCC)CCCC. The Balaban J connectivity index is 3.74. The quantitative estimate of drug-likeness (QED) is 0.0761. The molecule has 0 aliphatic heterocycles. The molecule has 0 radical (unpaired) electrons. The monoisotopic (exact) mass is 667 g/mol. The number of ether oxygens (including phenoxy) is 2. The van der Waals surface area contributed by atoms with Gasteiger partial charge in [-0.15, -0.1) is 0 Å². The zero-order chi connectivity index (χ0) is 33.4. The minimum absolute atomic E-state index is 0.647. The molecular formula is C41H80O2P2+2. The van der Waals surface area contributed by atoms with Crippen LogP contribution in [0, 0.1) is 5.92 Å². The highest BCUT2D eigenvalue weighted by Gasteiger charge is 2.39. The summed E-state index contributed by atoms with van der Waals surface area (Å²) < 4.78 is 13.4. The van der Waals surface area contributed by atoms with Gasteiger partial charge >= 0.3 is 0 Å². The molecule has 0 aliphatic carbocycles. The summed E-state index contributed by atoms with van der Waals surface area (Å²) in [6.45, 7) is 19.8. The first-order valence-electron chi connectivity index (χ1n) is 19.9. The Morgan fingerprint density at radius 1 is 0.511 bits per heavy atom. The van der Waals surface area contributed by atoms with E-state index in [2.05, 4.69) is 67.5 Å². The van der Waals surface area contributed by atoms with Crippen molar-refractivity contribution < 1.29 is 9.47 Å². The summed E-state index contributed by atoms with van der Waals surface area (Å²) in [6.07, 6.45) is 32.3. The van der Waals surface area contributed by atoms with E-state index in [1.807, 2.05) is 7.11 Å². The molecule has 1 aromatic carbocycles. The maximum absolute atomic E-state index is 7.02. The normalized spacial score (nSPS) is 12.9. The van der Waals surface area contributed by atoms with Crippen LogP contribution in [0.1, 0.15) is 169 Å². The Labute approximate surface area is 285 Å². The molecule has 2 nitrogen and oxygen atoms in total. The number of hydrogen-bond acceptors (Lipinski definition) is 2. The van der Waals surface area contributed by atoms with E-state index in [4.69, 9.17) is 9.47 Å². The minimum atomic E-state index is -1.13. The standard InChI is InChI=1S/C41H80O2P2/c1-10-18-25-37(17-8)34-43-41-33-38(35-44(26-19-11-2,27-20-12-3)28-21-13-4)40(42-9)32-39(41)36-45(29-22-14-5,30-23-15-6)31-24-16-7/h32-33,37H,10-31,34-36H2,1-9H3/q+2. The highest BCUT2D eigenvalue weighted by atomic mass is 31.2. The van der Waals surface area contributed by atoms with Crippen molar-refractivity contribution >= 4 is 14.5 Å². The van der Waals surface area contributed by atoms with Gasteiger partial charge in [0.1, 0.15) is 11.5 Å². The molecule has 0 saturated heterocycles. The molecule has 1 unspecified atom stereocenters. The summed E-state index contributed by atoms with van der Waals surface area (Å²) in [6, 6.07) is 5.01. The number of unbranched alkanes of at least 4 members (excludes halogenated alkanes) is 7. The van der Waals surface area contributed by atoms with Crippen LogP contribution >= 0.6 is 14.5 Å². The van der Waals surface area contributed by atoms with Gasteiger partial charge in [-0.3, -0.25) is 0 Å². The van der Waals surface area contributed by atoms with Crippen LogP contribution < -0.4 is 9.47 Å². The average Bonchev–Trinajstić information content (AvgIpc) is 3.06. The second kappa shape index (κ2) is 25.7. The van der Waals surface area contributed by atoms with E-state index in [1.54, 1.807) is 0 Å². The Kier molecular flexibility index (Phi) is 24.4. The van der Waals surface area contributed by atoms with Crippen LogP contribution in [0.25, 0.3) is 0 Å². The zero-order valence-electron chi connectivity index (χ0n) is 32.1. The van der Waals surface area contributed by atoms with Gasteiger partial charge in [0, 0.05) is 25.7 Å². The Hall–Kier alpha value is -0.320. The highest BCUT2D eigenvalue weighted by molar-refractivity contribution is 7.75. The van der Waals surface area contributed by atoms with E-state index in [9.17, 15) is 0 Å². The fraction of sp³-hybridized carbons (Fsp3) is 0.854. The van der Waals surface area contributed by atoms with Gasteiger partial charge in [0.15, 0.2) is 0 Å². The number of hydrogen-bond donors (Lipinski definition) is 0. The van der Waals surface area contributed by atoms with Crippen molar-refractivity contribution in [3.63, 3.8) is 0 Å². The largest absolute Gasteiger partial charge is 0.496 e. The molecule has 0 spiro atoms. The third kappa shape index (κ3) is 16.1. The summed E-state index contributed by atoms with van der Waals surface area (Å²) in [5.74, 6) is 3.02. The molecule has 1 rings (SSSR count). The van der Waals surface area contributed by atoms with Gasteiger partial charge in [0.25, 0.3) is 0 Å². The molecule has 0 heterocycles. The molecular weight excluding hydrogens is 586 g/mol. The van der Waals surface area contributed by atoms with Crippen molar-refractivity contribution in [3.05, 3.63) is 23.3 Å². The molecule has 1 aromatic rings. The van der Waals surface area contributed by atoms with Crippen LogP contribution in [-0.4, -0.2) is 50.7 Å². The van der Waals surface area contributed by atoms with Gasteiger partial charge in [-0.2, -0.15) is 0 Å². The lowest BCUT2D eigenvalue weighted by atomic mass is 10.0. The lowest BCUT2D eigenvalue weighted by Gasteiger charge is -2.31. The van der Waals surface area contributed by atoms with Crippen molar-refractivity contribution in [2.45, 2.75) is 170 Å². The maximum Gasteiger partial charge on any atom is 0.126 e. The summed E-state index contributed by atoms with van der Waals surface area (Å²) in [5.41, 5.74) is 2.92. The molecule has 0 aromatic heterocycles. The van der Waals surface area contributed by atoms with Crippen LogP contribution in [0.5, 0.6) is 11.5 Å². The van der Waals surface area contributed by atoms with Gasteiger partial charge in [-0.1, -0.05) is 113 Å². The summed E-state index contributed by atoms with van der Waals surface area (Å²) >= 11 is 0. The molecule has 45 heavy (non-hydrogen) atoms. The van der Waals surface area contributed by atoms with Gasteiger partial charge < -0.3 is 9.47 Å². The number of methoxy groups -OCH3 is 1. The van der Waals surface area contributed by atoms with E-state index in [1.165, 1.54) is 169 Å². The molecule has 4 heteroatoms. The lowest BCUT2D eigenvalue weighted by molar-refractivity contribution is 0.231. The second-order valence-electron chi connectivity index (χ2n) is 14.5. The van der Waals surface area contributed by atoms with Gasteiger partial charge in [0.2, 0.25) is 0 Å². The third-order valence-corrected chi connectivity index (χ3v) is 20.0.